The minimum absolute atomic E-state index is 0.543. The minimum Gasteiger partial charge on any atom is -0.381 e. The Balaban J connectivity index is 2.12. The van der Waals surface area contributed by atoms with Crippen molar-refractivity contribution < 1.29 is 0 Å². The first-order chi connectivity index (χ1) is 8.70. The molecule has 0 saturated heterocycles. The average Bonchev–Trinajstić information content (AvgIpc) is 2.41. The molecule has 0 saturated carbocycles. The standard InChI is InChI=1S/C14H10Cl2N2/c15-13-6-2-4-11(14(13)16)9-18-12-5-1-3-10(7-12)8-17/h1-7,18H,9H2. The Labute approximate surface area is 116 Å². The Morgan fingerprint density at radius 3 is 2.67 bits per heavy atom. The number of nitrogens with zero attached hydrogens (tertiary/aromatic N) is 1. The molecular weight excluding hydrogens is 267 g/mol. The van der Waals surface area contributed by atoms with Gasteiger partial charge in [-0.3, -0.25) is 0 Å². The fraction of sp³-hybridized carbons (Fsp3) is 0.0714. The van der Waals surface area contributed by atoms with Crippen LogP contribution >= 0.6 is 23.2 Å². The number of hydrogen-bond acceptors (Lipinski definition) is 2. The number of halogens is 2. The van der Waals surface area contributed by atoms with Crippen molar-refractivity contribution in [3.8, 4) is 6.07 Å². The molecule has 0 spiro atoms. The summed E-state index contributed by atoms with van der Waals surface area (Å²) in [6.45, 7) is 0.564. The SMILES string of the molecule is N#Cc1cccc(NCc2cccc(Cl)c2Cl)c1. The molecule has 4 heteroatoms. The Morgan fingerprint density at radius 2 is 1.89 bits per heavy atom. The lowest BCUT2D eigenvalue weighted by atomic mass is 10.2. The van der Waals surface area contributed by atoms with Gasteiger partial charge >= 0.3 is 0 Å². The Bertz CT molecular complexity index is 603. The monoisotopic (exact) mass is 276 g/mol. The van der Waals surface area contributed by atoms with Gasteiger partial charge in [-0.15, -0.1) is 0 Å². The van der Waals surface area contributed by atoms with E-state index in [1.165, 1.54) is 0 Å². The Hall–Kier alpha value is -1.69. The molecule has 0 atom stereocenters. The highest BCUT2D eigenvalue weighted by molar-refractivity contribution is 6.42. The van der Waals surface area contributed by atoms with Crippen LogP contribution in [0.5, 0.6) is 0 Å². The van der Waals surface area contributed by atoms with Crippen molar-refractivity contribution in [2.75, 3.05) is 5.32 Å². The number of hydrogen-bond donors (Lipinski definition) is 1. The summed E-state index contributed by atoms with van der Waals surface area (Å²) in [5.41, 5.74) is 2.42. The first-order valence-corrected chi connectivity index (χ1v) is 6.13. The zero-order valence-electron chi connectivity index (χ0n) is 9.45. The highest BCUT2D eigenvalue weighted by atomic mass is 35.5. The third-order valence-electron chi connectivity index (χ3n) is 2.51. The van der Waals surface area contributed by atoms with Crippen molar-refractivity contribution >= 4 is 28.9 Å². The molecule has 2 nitrogen and oxygen atoms in total. The number of rotatable bonds is 3. The molecule has 0 amide bonds. The predicted molar refractivity (Wildman–Crippen MR) is 74.9 cm³/mol. The Kier molecular flexibility index (Phi) is 4.09. The van der Waals surface area contributed by atoms with Gasteiger partial charge in [0.1, 0.15) is 0 Å². The molecular formula is C14H10Cl2N2. The number of nitrogens with one attached hydrogen (secondary N) is 1. The maximum absolute atomic E-state index is 8.81. The molecule has 1 N–H and O–H groups in total. The van der Waals surface area contributed by atoms with Gasteiger partial charge in [-0.05, 0) is 29.8 Å². The summed E-state index contributed by atoms with van der Waals surface area (Å²) in [7, 11) is 0. The second-order valence-corrected chi connectivity index (χ2v) is 4.54. The summed E-state index contributed by atoms with van der Waals surface area (Å²) in [6, 6.07) is 14.9. The van der Waals surface area contributed by atoms with E-state index in [0.717, 1.165) is 11.3 Å². The number of benzene rings is 2. The van der Waals surface area contributed by atoms with Gasteiger partial charge in [-0.25, -0.2) is 0 Å². The molecule has 0 aromatic heterocycles. The molecule has 0 aliphatic heterocycles. The molecule has 0 bridgehead atoms. The zero-order valence-corrected chi connectivity index (χ0v) is 11.0. The van der Waals surface area contributed by atoms with Gasteiger partial charge in [-0.2, -0.15) is 5.26 Å². The largest absolute Gasteiger partial charge is 0.381 e. The van der Waals surface area contributed by atoms with Crippen molar-refractivity contribution in [1.82, 2.24) is 0 Å². The van der Waals surface area contributed by atoms with Gasteiger partial charge in [-0.1, -0.05) is 41.4 Å². The molecule has 2 aromatic rings. The van der Waals surface area contributed by atoms with E-state index in [-0.39, 0.29) is 0 Å². The summed E-state index contributed by atoms with van der Waals surface area (Å²) in [5, 5.41) is 13.1. The van der Waals surface area contributed by atoms with Crippen LogP contribution in [0, 0.1) is 11.3 Å². The molecule has 0 radical (unpaired) electrons. The lowest BCUT2D eigenvalue weighted by Gasteiger charge is -2.09. The van der Waals surface area contributed by atoms with Gasteiger partial charge in [0.15, 0.2) is 0 Å². The van der Waals surface area contributed by atoms with Crippen LogP contribution in [0.25, 0.3) is 0 Å². The van der Waals surface area contributed by atoms with Crippen LogP contribution in [0.4, 0.5) is 5.69 Å². The lowest BCUT2D eigenvalue weighted by molar-refractivity contribution is 1.15. The first-order valence-electron chi connectivity index (χ1n) is 5.37. The van der Waals surface area contributed by atoms with Crippen LogP contribution in [-0.2, 0) is 6.54 Å². The molecule has 0 unspecified atom stereocenters. The predicted octanol–water partition coefficient (Wildman–Crippen LogP) is 4.48. The van der Waals surface area contributed by atoms with E-state index in [2.05, 4.69) is 11.4 Å². The summed E-state index contributed by atoms with van der Waals surface area (Å²) in [6.07, 6.45) is 0. The quantitative estimate of drug-likeness (QED) is 0.898. The van der Waals surface area contributed by atoms with Gasteiger partial charge in [0.05, 0.1) is 21.7 Å². The lowest BCUT2D eigenvalue weighted by Crippen LogP contribution is -2.00. The molecule has 0 aliphatic carbocycles. The average molecular weight is 277 g/mol. The van der Waals surface area contributed by atoms with Gasteiger partial charge in [0.25, 0.3) is 0 Å². The molecule has 2 rings (SSSR count). The second-order valence-electron chi connectivity index (χ2n) is 3.76. The molecule has 90 valence electrons. The fourth-order valence-electron chi connectivity index (χ4n) is 1.58. The number of nitriles is 1. The van der Waals surface area contributed by atoms with Crippen molar-refractivity contribution in [2.24, 2.45) is 0 Å². The van der Waals surface area contributed by atoms with Crippen LogP contribution in [0.15, 0.2) is 42.5 Å². The van der Waals surface area contributed by atoms with Crippen LogP contribution in [0.3, 0.4) is 0 Å². The summed E-state index contributed by atoms with van der Waals surface area (Å²) < 4.78 is 0. The highest BCUT2D eigenvalue weighted by Crippen LogP contribution is 2.26. The van der Waals surface area contributed by atoms with Gasteiger partial charge in [0, 0.05) is 12.2 Å². The molecule has 0 aliphatic rings. The van der Waals surface area contributed by atoms with Crippen LogP contribution in [0.2, 0.25) is 10.0 Å². The van der Waals surface area contributed by atoms with E-state index >= 15 is 0 Å². The smallest absolute Gasteiger partial charge is 0.0992 e. The van der Waals surface area contributed by atoms with E-state index in [0.29, 0.717) is 22.2 Å². The maximum atomic E-state index is 8.81. The van der Waals surface area contributed by atoms with Crippen molar-refractivity contribution in [1.29, 1.82) is 5.26 Å². The second kappa shape index (κ2) is 5.77. The van der Waals surface area contributed by atoms with Crippen LogP contribution in [0.1, 0.15) is 11.1 Å². The van der Waals surface area contributed by atoms with E-state index < -0.39 is 0 Å². The topological polar surface area (TPSA) is 35.8 Å². The summed E-state index contributed by atoms with van der Waals surface area (Å²) >= 11 is 12.0. The van der Waals surface area contributed by atoms with Gasteiger partial charge < -0.3 is 5.32 Å². The third kappa shape index (κ3) is 2.95. The molecule has 2 aromatic carbocycles. The molecule has 0 fully saturated rings. The first kappa shape index (κ1) is 12.8. The van der Waals surface area contributed by atoms with E-state index in [9.17, 15) is 0 Å². The Morgan fingerprint density at radius 1 is 1.11 bits per heavy atom. The fourth-order valence-corrected chi connectivity index (χ4v) is 1.97. The summed E-state index contributed by atoms with van der Waals surface area (Å²) in [4.78, 5) is 0. The normalized spacial score (nSPS) is 9.83. The minimum atomic E-state index is 0.543. The van der Waals surface area contributed by atoms with Crippen molar-refractivity contribution in [3.63, 3.8) is 0 Å². The van der Waals surface area contributed by atoms with Crippen LogP contribution in [-0.4, -0.2) is 0 Å². The molecule has 0 heterocycles. The van der Waals surface area contributed by atoms with Crippen molar-refractivity contribution in [3.05, 3.63) is 63.6 Å². The van der Waals surface area contributed by atoms with Crippen LogP contribution < -0.4 is 5.32 Å². The molecule has 18 heavy (non-hydrogen) atoms. The summed E-state index contributed by atoms with van der Waals surface area (Å²) in [5.74, 6) is 0. The van der Waals surface area contributed by atoms with E-state index in [1.54, 1.807) is 18.2 Å². The maximum Gasteiger partial charge on any atom is 0.0992 e. The van der Waals surface area contributed by atoms with Crippen molar-refractivity contribution in [2.45, 2.75) is 6.54 Å². The third-order valence-corrected chi connectivity index (χ3v) is 3.36. The number of anilines is 1. The van der Waals surface area contributed by atoms with Gasteiger partial charge in [0.2, 0.25) is 0 Å². The highest BCUT2D eigenvalue weighted by Gasteiger charge is 2.04. The van der Waals surface area contributed by atoms with E-state index in [1.807, 2.05) is 24.3 Å². The zero-order chi connectivity index (χ0) is 13.0. The van der Waals surface area contributed by atoms with E-state index in [4.69, 9.17) is 28.5 Å².